The third-order valence-corrected chi connectivity index (χ3v) is 2.72. The summed E-state index contributed by atoms with van der Waals surface area (Å²) in [6.07, 6.45) is 1.36. The van der Waals surface area contributed by atoms with E-state index in [0.717, 1.165) is 0 Å². The van der Waals surface area contributed by atoms with Crippen molar-refractivity contribution in [1.82, 2.24) is 4.98 Å². The zero-order valence-corrected chi connectivity index (χ0v) is 11.0. The van der Waals surface area contributed by atoms with Crippen LogP contribution in [0.4, 0.5) is 10.1 Å². The zero-order valence-electron chi connectivity index (χ0n) is 11.0. The number of aromatic nitrogens is 1. The molecule has 0 atom stereocenters. The average molecular weight is 288 g/mol. The molecule has 21 heavy (non-hydrogen) atoms. The Morgan fingerprint density at radius 1 is 1.10 bits per heavy atom. The third kappa shape index (κ3) is 4.68. The lowest BCUT2D eigenvalue weighted by molar-refractivity contribution is -0.136. The van der Waals surface area contributed by atoms with Gasteiger partial charge in [-0.2, -0.15) is 0 Å². The van der Waals surface area contributed by atoms with E-state index in [9.17, 15) is 14.0 Å². The number of aliphatic carboxylic acids is 1. The second kappa shape index (κ2) is 6.60. The van der Waals surface area contributed by atoms with Crippen molar-refractivity contribution in [2.45, 2.75) is 12.8 Å². The normalized spacial score (nSPS) is 10.1. The summed E-state index contributed by atoms with van der Waals surface area (Å²) >= 11 is 0. The molecule has 2 aromatic rings. The lowest BCUT2D eigenvalue weighted by Gasteiger charge is -2.05. The maximum Gasteiger partial charge on any atom is 0.309 e. The Morgan fingerprint density at radius 2 is 1.81 bits per heavy atom. The third-order valence-electron chi connectivity index (χ3n) is 2.72. The Morgan fingerprint density at radius 3 is 2.38 bits per heavy atom. The van der Waals surface area contributed by atoms with Crippen LogP contribution >= 0.6 is 0 Å². The minimum atomic E-state index is -0.962. The van der Waals surface area contributed by atoms with Crippen molar-refractivity contribution in [1.29, 1.82) is 0 Å². The summed E-state index contributed by atoms with van der Waals surface area (Å²) in [5.74, 6) is -1.57. The van der Waals surface area contributed by atoms with Gasteiger partial charge in [0.1, 0.15) is 5.82 Å². The molecule has 108 valence electrons. The number of rotatable bonds is 5. The standard InChI is InChI=1S/C15H13FN2O3/c16-11-3-1-10(2-4-11)7-14(19)18-13-6-5-12(17-9-13)8-15(20)21/h1-6,9H,7-8H2,(H,18,19)(H,20,21). The number of hydrogen-bond acceptors (Lipinski definition) is 3. The van der Waals surface area contributed by atoms with E-state index in [1.165, 1.54) is 18.3 Å². The minimum absolute atomic E-state index is 0.122. The van der Waals surface area contributed by atoms with Gasteiger partial charge in [-0.25, -0.2) is 4.39 Å². The molecule has 1 aromatic carbocycles. The summed E-state index contributed by atoms with van der Waals surface area (Å²) in [5, 5.41) is 11.3. The van der Waals surface area contributed by atoms with Gasteiger partial charge in [0.15, 0.2) is 0 Å². The number of nitrogens with zero attached hydrogens (tertiary/aromatic N) is 1. The molecule has 0 aliphatic heterocycles. The summed E-state index contributed by atoms with van der Waals surface area (Å²) in [5.41, 5.74) is 1.60. The number of carbonyl (C=O) groups excluding carboxylic acids is 1. The van der Waals surface area contributed by atoms with Gasteiger partial charge >= 0.3 is 5.97 Å². The molecule has 0 aliphatic rings. The van der Waals surface area contributed by atoms with E-state index in [2.05, 4.69) is 10.3 Å². The van der Waals surface area contributed by atoms with Crippen LogP contribution in [0.2, 0.25) is 0 Å². The molecule has 0 fully saturated rings. The number of carboxylic acids is 1. The summed E-state index contributed by atoms with van der Waals surface area (Å²) in [6, 6.07) is 8.82. The van der Waals surface area contributed by atoms with E-state index < -0.39 is 5.97 Å². The molecule has 2 N–H and O–H groups in total. The molecule has 1 heterocycles. The minimum Gasteiger partial charge on any atom is -0.481 e. The summed E-state index contributed by atoms with van der Waals surface area (Å²) in [6.45, 7) is 0. The highest BCUT2D eigenvalue weighted by molar-refractivity contribution is 5.92. The largest absolute Gasteiger partial charge is 0.481 e. The number of nitrogens with one attached hydrogen (secondary N) is 1. The summed E-state index contributed by atoms with van der Waals surface area (Å²) in [4.78, 5) is 26.3. The van der Waals surface area contributed by atoms with E-state index in [1.54, 1.807) is 24.3 Å². The highest BCUT2D eigenvalue weighted by Gasteiger charge is 2.06. The molecule has 0 bridgehead atoms. The van der Waals surface area contributed by atoms with Gasteiger partial charge in [0.2, 0.25) is 5.91 Å². The van der Waals surface area contributed by atoms with Gasteiger partial charge in [-0.1, -0.05) is 12.1 Å². The number of hydrogen-bond donors (Lipinski definition) is 2. The molecule has 1 amide bonds. The molecular formula is C15H13FN2O3. The Bertz CT molecular complexity index is 639. The van der Waals surface area contributed by atoms with Gasteiger partial charge < -0.3 is 10.4 Å². The molecule has 0 radical (unpaired) electrons. The second-order valence-corrected chi connectivity index (χ2v) is 4.46. The fourth-order valence-corrected chi connectivity index (χ4v) is 1.75. The molecule has 0 aliphatic carbocycles. The van der Waals surface area contributed by atoms with Gasteiger partial charge in [0.05, 0.1) is 30.4 Å². The summed E-state index contributed by atoms with van der Waals surface area (Å²) < 4.78 is 12.7. The number of pyridine rings is 1. The quantitative estimate of drug-likeness (QED) is 0.882. The van der Waals surface area contributed by atoms with Crippen LogP contribution in [-0.2, 0) is 22.4 Å². The van der Waals surface area contributed by atoms with E-state index in [1.807, 2.05) is 0 Å². The van der Waals surface area contributed by atoms with Crippen LogP contribution in [-0.4, -0.2) is 22.0 Å². The maximum atomic E-state index is 12.7. The van der Waals surface area contributed by atoms with Crippen molar-refractivity contribution >= 4 is 17.6 Å². The molecule has 6 heteroatoms. The van der Waals surface area contributed by atoms with Crippen LogP contribution in [0.25, 0.3) is 0 Å². The van der Waals surface area contributed by atoms with Gasteiger partial charge in [-0.05, 0) is 29.8 Å². The van der Waals surface area contributed by atoms with Crippen LogP contribution in [0.5, 0.6) is 0 Å². The Hall–Kier alpha value is -2.76. The smallest absolute Gasteiger partial charge is 0.309 e. The van der Waals surface area contributed by atoms with Crippen LogP contribution in [0.15, 0.2) is 42.6 Å². The highest BCUT2D eigenvalue weighted by atomic mass is 19.1. The van der Waals surface area contributed by atoms with Crippen molar-refractivity contribution in [3.8, 4) is 0 Å². The maximum absolute atomic E-state index is 12.7. The van der Waals surface area contributed by atoms with Crippen LogP contribution in [0, 0.1) is 5.82 Å². The van der Waals surface area contributed by atoms with Crippen molar-refractivity contribution in [2.75, 3.05) is 5.32 Å². The van der Waals surface area contributed by atoms with Crippen LogP contribution < -0.4 is 5.32 Å². The van der Waals surface area contributed by atoms with Crippen molar-refractivity contribution in [2.24, 2.45) is 0 Å². The molecule has 0 saturated heterocycles. The SMILES string of the molecule is O=C(O)Cc1ccc(NC(=O)Cc2ccc(F)cc2)cn1. The molecule has 0 unspecified atom stereocenters. The van der Waals surface area contributed by atoms with E-state index >= 15 is 0 Å². The fraction of sp³-hybridized carbons (Fsp3) is 0.133. The average Bonchev–Trinajstić information content (AvgIpc) is 2.43. The highest BCUT2D eigenvalue weighted by Crippen LogP contribution is 2.09. The number of halogens is 1. The first-order valence-corrected chi connectivity index (χ1v) is 6.24. The van der Waals surface area contributed by atoms with E-state index in [4.69, 9.17) is 5.11 Å². The first-order valence-electron chi connectivity index (χ1n) is 6.24. The molecule has 2 rings (SSSR count). The van der Waals surface area contributed by atoms with Crippen molar-refractivity contribution in [3.05, 3.63) is 59.7 Å². The van der Waals surface area contributed by atoms with Crippen LogP contribution in [0.1, 0.15) is 11.3 Å². The number of benzene rings is 1. The zero-order chi connectivity index (χ0) is 15.2. The lowest BCUT2D eigenvalue weighted by Crippen LogP contribution is -2.14. The van der Waals surface area contributed by atoms with Gasteiger partial charge in [-0.3, -0.25) is 14.6 Å². The molecular weight excluding hydrogens is 275 g/mol. The van der Waals surface area contributed by atoms with Gasteiger partial charge in [0.25, 0.3) is 0 Å². The predicted octanol–water partition coefficient (Wildman–Crippen LogP) is 2.03. The van der Waals surface area contributed by atoms with Crippen molar-refractivity contribution in [3.63, 3.8) is 0 Å². The lowest BCUT2D eigenvalue weighted by atomic mass is 10.1. The van der Waals surface area contributed by atoms with E-state index in [0.29, 0.717) is 16.9 Å². The predicted molar refractivity (Wildman–Crippen MR) is 74.3 cm³/mol. The molecule has 0 saturated carbocycles. The topological polar surface area (TPSA) is 79.3 Å². The molecule has 1 aromatic heterocycles. The van der Waals surface area contributed by atoms with Crippen molar-refractivity contribution < 1.29 is 19.1 Å². The first kappa shape index (κ1) is 14.6. The Kier molecular flexibility index (Phi) is 4.61. The second-order valence-electron chi connectivity index (χ2n) is 4.46. The summed E-state index contributed by atoms with van der Waals surface area (Å²) in [7, 11) is 0. The monoisotopic (exact) mass is 288 g/mol. The number of carbonyl (C=O) groups is 2. The number of amides is 1. The van der Waals surface area contributed by atoms with Gasteiger partial charge in [0, 0.05) is 0 Å². The fourth-order valence-electron chi connectivity index (χ4n) is 1.75. The molecule has 5 nitrogen and oxygen atoms in total. The number of anilines is 1. The van der Waals surface area contributed by atoms with E-state index in [-0.39, 0.29) is 24.6 Å². The van der Waals surface area contributed by atoms with Gasteiger partial charge in [-0.15, -0.1) is 0 Å². The Labute approximate surface area is 120 Å². The first-order chi connectivity index (χ1) is 10.0. The Balaban J connectivity index is 1.93. The van der Waals surface area contributed by atoms with Crippen LogP contribution in [0.3, 0.4) is 0 Å². The molecule has 0 spiro atoms. The number of carboxylic acid groups (broad SMARTS) is 1.